The van der Waals surface area contributed by atoms with Crippen LogP contribution in [-0.4, -0.2) is 8.32 Å². The molecule has 0 saturated heterocycles. The van der Waals surface area contributed by atoms with Crippen LogP contribution in [0.3, 0.4) is 0 Å². The Hall–Kier alpha value is -0.673. The minimum absolute atomic E-state index is 0.0836. The zero-order valence-corrected chi connectivity index (χ0v) is 16.6. The third-order valence-corrected chi connectivity index (χ3v) is 9.56. The van der Waals surface area contributed by atoms with E-state index in [-0.39, 0.29) is 16.3 Å². The van der Waals surface area contributed by atoms with Crippen molar-refractivity contribution < 1.29 is 8.82 Å². The van der Waals surface area contributed by atoms with E-state index in [9.17, 15) is 4.39 Å². The van der Waals surface area contributed by atoms with Crippen molar-refractivity contribution in [3.05, 3.63) is 35.1 Å². The van der Waals surface area contributed by atoms with E-state index in [1.165, 1.54) is 0 Å². The normalized spacial score (nSPS) is 13.5. The van der Waals surface area contributed by atoms with Gasteiger partial charge in [0, 0.05) is 5.56 Å². The SMILES string of the molecule is CCCC(C)(C)c1cccc(CO[Si](C)(C)C(C)(C)C)c1F. The zero-order chi connectivity index (χ0) is 17.2. The van der Waals surface area contributed by atoms with Crippen LogP contribution in [0.2, 0.25) is 18.1 Å². The highest BCUT2D eigenvalue weighted by Crippen LogP contribution is 2.38. The molecule has 0 atom stereocenters. The van der Waals surface area contributed by atoms with Crippen molar-refractivity contribution >= 4 is 8.32 Å². The largest absolute Gasteiger partial charge is 0.412 e. The molecule has 0 fully saturated rings. The molecule has 0 N–H and O–H groups in total. The van der Waals surface area contributed by atoms with Gasteiger partial charge >= 0.3 is 0 Å². The number of hydrogen-bond acceptors (Lipinski definition) is 1. The maximum atomic E-state index is 14.9. The highest BCUT2D eigenvalue weighted by atomic mass is 28.4. The first-order valence-electron chi connectivity index (χ1n) is 8.34. The number of hydrogen-bond donors (Lipinski definition) is 0. The molecule has 0 aliphatic heterocycles. The van der Waals surface area contributed by atoms with E-state index in [0.29, 0.717) is 12.2 Å². The van der Waals surface area contributed by atoms with Crippen LogP contribution in [0, 0.1) is 5.82 Å². The van der Waals surface area contributed by atoms with Gasteiger partial charge in [-0.25, -0.2) is 4.39 Å². The molecule has 1 aromatic rings. The van der Waals surface area contributed by atoms with E-state index in [1.54, 1.807) is 0 Å². The van der Waals surface area contributed by atoms with Crippen molar-refractivity contribution in [2.45, 2.75) is 84.5 Å². The molecule has 3 heteroatoms. The fraction of sp³-hybridized carbons (Fsp3) is 0.684. The smallest absolute Gasteiger partial charge is 0.192 e. The standard InChI is InChI=1S/C19H33FOSi/c1-9-13-19(5,6)16-12-10-11-15(17(16)20)14-21-22(7,8)18(2,3)4/h10-12H,9,13-14H2,1-8H3. The first kappa shape index (κ1) is 19.4. The molecule has 0 spiro atoms. The molecule has 1 nitrogen and oxygen atoms in total. The van der Waals surface area contributed by atoms with Crippen molar-refractivity contribution in [2.75, 3.05) is 0 Å². The predicted molar refractivity (Wildman–Crippen MR) is 96.3 cm³/mol. The summed E-state index contributed by atoms with van der Waals surface area (Å²) < 4.78 is 21.1. The molecule has 0 heterocycles. The minimum Gasteiger partial charge on any atom is -0.412 e. The highest BCUT2D eigenvalue weighted by molar-refractivity contribution is 6.74. The van der Waals surface area contributed by atoms with Gasteiger partial charge < -0.3 is 4.43 Å². The van der Waals surface area contributed by atoms with Crippen LogP contribution in [-0.2, 0) is 16.4 Å². The van der Waals surface area contributed by atoms with Crippen LogP contribution in [0.4, 0.5) is 4.39 Å². The van der Waals surface area contributed by atoms with Gasteiger partial charge in [-0.15, -0.1) is 0 Å². The second-order valence-electron chi connectivity index (χ2n) is 8.46. The van der Waals surface area contributed by atoms with Gasteiger partial charge in [-0.1, -0.05) is 66.2 Å². The van der Waals surface area contributed by atoms with E-state index < -0.39 is 8.32 Å². The molecule has 0 bridgehead atoms. The van der Waals surface area contributed by atoms with Crippen molar-refractivity contribution in [3.63, 3.8) is 0 Å². The molecule has 0 aliphatic carbocycles. The number of rotatable bonds is 6. The van der Waals surface area contributed by atoms with E-state index in [1.807, 2.05) is 18.2 Å². The van der Waals surface area contributed by atoms with Gasteiger partial charge in [0.25, 0.3) is 0 Å². The zero-order valence-electron chi connectivity index (χ0n) is 15.6. The van der Waals surface area contributed by atoms with Gasteiger partial charge in [0.05, 0.1) is 6.61 Å². The quantitative estimate of drug-likeness (QED) is 0.548. The molecule has 0 amide bonds. The first-order valence-corrected chi connectivity index (χ1v) is 11.2. The fourth-order valence-electron chi connectivity index (χ4n) is 2.45. The van der Waals surface area contributed by atoms with E-state index in [4.69, 9.17) is 4.43 Å². The summed E-state index contributed by atoms with van der Waals surface area (Å²) in [7, 11) is -1.86. The molecule has 0 saturated carbocycles. The van der Waals surface area contributed by atoms with Crippen LogP contribution in [0.5, 0.6) is 0 Å². The lowest BCUT2D eigenvalue weighted by atomic mass is 9.80. The molecule has 22 heavy (non-hydrogen) atoms. The van der Waals surface area contributed by atoms with Crippen LogP contribution < -0.4 is 0 Å². The second-order valence-corrected chi connectivity index (χ2v) is 13.3. The van der Waals surface area contributed by atoms with E-state index in [0.717, 1.165) is 18.4 Å². The second kappa shape index (κ2) is 6.84. The van der Waals surface area contributed by atoms with Gasteiger partial charge in [0.2, 0.25) is 0 Å². The van der Waals surface area contributed by atoms with E-state index >= 15 is 0 Å². The molecule has 0 unspecified atom stereocenters. The van der Waals surface area contributed by atoms with Gasteiger partial charge in [-0.2, -0.15) is 0 Å². The minimum atomic E-state index is -1.86. The third kappa shape index (κ3) is 4.42. The Morgan fingerprint density at radius 2 is 1.68 bits per heavy atom. The average molecular weight is 325 g/mol. The Balaban J connectivity index is 3.00. The molecular formula is C19H33FOSi. The van der Waals surface area contributed by atoms with Crippen molar-refractivity contribution in [1.82, 2.24) is 0 Å². The Morgan fingerprint density at radius 1 is 1.09 bits per heavy atom. The summed E-state index contributed by atoms with van der Waals surface area (Å²) in [6, 6.07) is 5.73. The summed E-state index contributed by atoms with van der Waals surface area (Å²) in [6.45, 7) is 17.8. The number of halogens is 1. The maximum absolute atomic E-state index is 14.9. The molecule has 0 aromatic heterocycles. The van der Waals surface area contributed by atoms with Crippen LogP contribution in [0.25, 0.3) is 0 Å². The molecule has 0 radical (unpaired) electrons. The third-order valence-electron chi connectivity index (χ3n) is 5.08. The maximum Gasteiger partial charge on any atom is 0.192 e. The monoisotopic (exact) mass is 324 g/mol. The summed E-state index contributed by atoms with van der Waals surface area (Å²) in [4.78, 5) is 0. The van der Waals surface area contributed by atoms with Crippen molar-refractivity contribution in [3.8, 4) is 0 Å². The van der Waals surface area contributed by atoms with Crippen molar-refractivity contribution in [2.24, 2.45) is 0 Å². The van der Waals surface area contributed by atoms with Gasteiger partial charge in [-0.3, -0.25) is 0 Å². The summed E-state index contributed by atoms with van der Waals surface area (Å²) in [6.07, 6.45) is 2.04. The topological polar surface area (TPSA) is 9.23 Å². The first-order chi connectivity index (χ1) is 9.92. The average Bonchev–Trinajstić information content (AvgIpc) is 2.35. The van der Waals surface area contributed by atoms with Crippen LogP contribution in [0.1, 0.15) is 65.5 Å². The Labute approximate surface area is 137 Å². The van der Waals surface area contributed by atoms with Gasteiger partial charge in [-0.05, 0) is 35.5 Å². The summed E-state index contributed by atoms with van der Waals surface area (Å²) in [5, 5.41) is 0.141. The predicted octanol–water partition coefficient (Wildman–Crippen LogP) is 6.43. The molecule has 1 rings (SSSR count). The molecular weight excluding hydrogens is 291 g/mol. The summed E-state index contributed by atoms with van der Waals surface area (Å²) in [5.74, 6) is -0.0836. The fourth-order valence-corrected chi connectivity index (χ4v) is 3.40. The Morgan fingerprint density at radius 3 is 2.18 bits per heavy atom. The summed E-state index contributed by atoms with van der Waals surface area (Å²) in [5.41, 5.74) is 1.36. The summed E-state index contributed by atoms with van der Waals surface area (Å²) >= 11 is 0. The molecule has 126 valence electrons. The highest BCUT2D eigenvalue weighted by Gasteiger charge is 2.37. The Bertz CT molecular complexity index is 501. The van der Waals surface area contributed by atoms with Gasteiger partial charge in [0.1, 0.15) is 5.82 Å². The molecule has 1 aromatic carbocycles. The van der Waals surface area contributed by atoms with Gasteiger partial charge in [0.15, 0.2) is 8.32 Å². The van der Waals surface area contributed by atoms with Crippen molar-refractivity contribution in [1.29, 1.82) is 0 Å². The Kier molecular flexibility index (Phi) is 6.02. The lowest BCUT2D eigenvalue weighted by Gasteiger charge is -2.36. The van der Waals surface area contributed by atoms with Crippen LogP contribution >= 0.6 is 0 Å². The van der Waals surface area contributed by atoms with Crippen LogP contribution in [0.15, 0.2) is 18.2 Å². The lowest BCUT2D eigenvalue weighted by Crippen LogP contribution is -2.40. The lowest BCUT2D eigenvalue weighted by molar-refractivity contribution is 0.270. The number of benzene rings is 1. The van der Waals surface area contributed by atoms with E-state index in [2.05, 4.69) is 54.6 Å². The molecule has 0 aliphatic rings.